The molecule has 6 nitrogen and oxygen atoms in total. The Morgan fingerprint density at radius 2 is 1.88 bits per heavy atom. The second kappa shape index (κ2) is 9.40. The number of hydrazine groups is 1. The standard InChI is InChI=1S/C18H23N3O3S2/c1-3-8-14(9-4-2)19-20-18(22)15-10-5-6-11-16(15)21-26(23,24)17-12-7-13-25-17/h5-8,10-13,19,21H,3-4,9H2,1-2H3,(H,20,22)/b14-8-. The van der Waals surface area contributed by atoms with Crippen molar-refractivity contribution in [1.82, 2.24) is 10.9 Å². The van der Waals surface area contributed by atoms with Crippen LogP contribution in [0.5, 0.6) is 0 Å². The normalized spacial score (nSPS) is 11.8. The number of hydrogen-bond acceptors (Lipinski definition) is 5. The van der Waals surface area contributed by atoms with Crippen LogP contribution in [0.25, 0.3) is 0 Å². The summed E-state index contributed by atoms with van der Waals surface area (Å²) < 4.78 is 27.5. The molecule has 0 spiro atoms. The first-order valence-corrected chi connectivity index (χ1v) is 10.7. The second-order valence-electron chi connectivity index (χ2n) is 5.55. The number of sulfonamides is 1. The van der Waals surface area contributed by atoms with Crippen molar-refractivity contribution in [3.63, 3.8) is 0 Å². The monoisotopic (exact) mass is 393 g/mol. The van der Waals surface area contributed by atoms with Gasteiger partial charge >= 0.3 is 0 Å². The highest BCUT2D eigenvalue weighted by atomic mass is 32.2. The number of carbonyl (C=O) groups excluding carboxylic acids is 1. The Hall–Kier alpha value is -2.32. The molecule has 0 aliphatic carbocycles. The molecule has 1 amide bonds. The number of thiophene rings is 1. The highest BCUT2D eigenvalue weighted by molar-refractivity contribution is 7.94. The number of benzene rings is 1. The largest absolute Gasteiger partial charge is 0.303 e. The smallest absolute Gasteiger partial charge is 0.271 e. The molecule has 0 aliphatic rings. The highest BCUT2D eigenvalue weighted by Gasteiger charge is 2.19. The van der Waals surface area contributed by atoms with Gasteiger partial charge in [-0.15, -0.1) is 11.3 Å². The van der Waals surface area contributed by atoms with Crippen LogP contribution in [0.15, 0.2) is 57.8 Å². The van der Waals surface area contributed by atoms with E-state index in [1.54, 1.807) is 35.7 Å². The molecular weight excluding hydrogens is 370 g/mol. The van der Waals surface area contributed by atoms with Crippen LogP contribution in [0.3, 0.4) is 0 Å². The zero-order chi connectivity index (χ0) is 19.0. The van der Waals surface area contributed by atoms with E-state index in [2.05, 4.69) is 22.5 Å². The molecule has 0 bridgehead atoms. The Bertz CT molecular complexity index is 860. The van der Waals surface area contributed by atoms with Crippen LogP contribution < -0.4 is 15.6 Å². The first kappa shape index (κ1) is 20.0. The Morgan fingerprint density at radius 3 is 2.54 bits per heavy atom. The molecule has 3 N–H and O–H groups in total. The molecule has 0 atom stereocenters. The summed E-state index contributed by atoms with van der Waals surface area (Å²) in [5, 5.41) is 1.69. The first-order valence-electron chi connectivity index (χ1n) is 8.38. The lowest BCUT2D eigenvalue weighted by atomic mass is 10.2. The second-order valence-corrected chi connectivity index (χ2v) is 8.41. The van der Waals surface area contributed by atoms with Gasteiger partial charge in [-0.3, -0.25) is 14.9 Å². The summed E-state index contributed by atoms with van der Waals surface area (Å²) in [6, 6.07) is 9.69. The van der Waals surface area contributed by atoms with E-state index >= 15 is 0 Å². The van der Waals surface area contributed by atoms with Crippen LogP contribution in [0.4, 0.5) is 5.69 Å². The van der Waals surface area contributed by atoms with Gasteiger partial charge in [0.25, 0.3) is 15.9 Å². The first-order chi connectivity index (χ1) is 12.5. The third-order valence-corrected chi connectivity index (χ3v) is 6.25. The summed E-state index contributed by atoms with van der Waals surface area (Å²) >= 11 is 1.12. The summed E-state index contributed by atoms with van der Waals surface area (Å²) in [6.07, 6.45) is 4.64. The number of allylic oxidation sites excluding steroid dienone is 2. The van der Waals surface area contributed by atoms with Gasteiger partial charge in [-0.1, -0.05) is 44.5 Å². The number of anilines is 1. The van der Waals surface area contributed by atoms with E-state index in [4.69, 9.17) is 0 Å². The zero-order valence-corrected chi connectivity index (χ0v) is 16.4. The molecule has 0 saturated heterocycles. The van der Waals surface area contributed by atoms with Gasteiger partial charge in [-0.25, -0.2) is 8.42 Å². The zero-order valence-electron chi connectivity index (χ0n) is 14.8. The van der Waals surface area contributed by atoms with E-state index in [1.807, 2.05) is 13.0 Å². The van der Waals surface area contributed by atoms with Crippen molar-refractivity contribution >= 4 is 33.0 Å². The maximum atomic E-state index is 12.5. The van der Waals surface area contributed by atoms with Crippen molar-refractivity contribution in [1.29, 1.82) is 0 Å². The third-order valence-electron chi connectivity index (χ3n) is 3.48. The Balaban J connectivity index is 2.15. The molecule has 0 fully saturated rings. The Kier molecular flexibility index (Phi) is 7.23. The number of carbonyl (C=O) groups is 1. The average molecular weight is 394 g/mol. The maximum absolute atomic E-state index is 12.5. The van der Waals surface area contributed by atoms with Crippen molar-refractivity contribution in [3.05, 3.63) is 59.1 Å². The van der Waals surface area contributed by atoms with E-state index in [0.717, 1.165) is 36.3 Å². The summed E-state index contributed by atoms with van der Waals surface area (Å²) in [7, 11) is -3.72. The van der Waals surface area contributed by atoms with Crippen molar-refractivity contribution < 1.29 is 13.2 Å². The molecule has 2 rings (SSSR count). The summed E-state index contributed by atoms with van der Waals surface area (Å²) in [6.45, 7) is 4.08. The van der Waals surface area contributed by atoms with E-state index in [9.17, 15) is 13.2 Å². The average Bonchev–Trinajstić information content (AvgIpc) is 3.15. The molecule has 0 radical (unpaired) electrons. The highest BCUT2D eigenvalue weighted by Crippen LogP contribution is 2.22. The third kappa shape index (κ3) is 5.34. The lowest BCUT2D eigenvalue weighted by molar-refractivity contribution is 0.0939. The van der Waals surface area contributed by atoms with Gasteiger partial charge in [0.05, 0.1) is 11.3 Å². The predicted octanol–water partition coefficient (Wildman–Crippen LogP) is 3.88. The number of para-hydroxylation sites is 1. The number of rotatable bonds is 9. The van der Waals surface area contributed by atoms with E-state index in [0.29, 0.717) is 0 Å². The Labute approximate surface area is 158 Å². The van der Waals surface area contributed by atoms with Crippen LogP contribution in [0, 0.1) is 0 Å². The van der Waals surface area contributed by atoms with E-state index in [1.165, 1.54) is 6.07 Å². The van der Waals surface area contributed by atoms with Crippen molar-refractivity contribution in [3.8, 4) is 0 Å². The molecular formula is C18H23N3O3S2. The Morgan fingerprint density at radius 1 is 1.12 bits per heavy atom. The molecule has 8 heteroatoms. The topological polar surface area (TPSA) is 87.3 Å². The molecule has 1 aromatic carbocycles. The van der Waals surface area contributed by atoms with E-state index < -0.39 is 15.9 Å². The van der Waals surface area contributed by atoms with Gasteiger partial charge in [-0.05, 0) is 36.4 Å². The van der Waals surface area contributed by atoms with Crippen LogP contribution >= 0.6 is 11.3 Å². The van der Waals surface area contributed by atoms with Gasteiger partial charge in [0.2, 0.25) is 0 Å². The van der Waals surface area contributed by atoms with Gasteiger partial charge < -0.3 is 5.43 Å². The fourth-order valence-electron chi connectivity index (χ4n) is 2.32. The van der Waals surface area contributed by atoms with Crippen molar-refractivity contribution in [2.24, 2.45) is 0 Å². The SMILES string of the molecule is CC/C=C(/CCC)NNC(=O)c1ccccc1NS(=O)(=O)c1cccs1. The number of amides is 1. The quantitative estimate of drug-likeness (QED) is 0.564. The minimum Gasteiger partial charge on any atom is -0.303 e. The van der Waals surface area contributed by atoms with E-state index in [-0.39, 0.29) is 15.5 Å². The molecule has 26 heavy (non-hydrogen) atoms. The fraction of sp³-hybridized carbons (Fsp3) is 0.278. The molecule has 2 aromatic rings. The lowest BCUT2D eigenvalue weighted by Gasteiger charge is -2.14. The minimum atomic E-state index is -3.72. The maximum Gasteiger partial charge on any atom is 0.271 e. The fourth-order valence-corrected chi connectivity index (χ4v) is 4.39. The molecule has 0 aliphatic heterocycles. The lowest BCUT2D eigenvalue weighted by Crippen LogP contribution is -2.37. The van der Waals surface area contributed by atoms with Gasteiger partial charge in [0.15, 0.2) is 0 Å². The van der Waals surface area contributed by atoms with Crippen LogP contribution in [-0.4, -0.2) is 14.3 Å². The van der Waals surface area contributed by atoms with Gasteiger partial charge in [0, 0.05) is 5.70 Å². The van der Waals surface area contributed by atoms with Crippen molar-refractivity contribution in [2.75, 3.05) is 4.72 Å². The summed E-state index contributed by atoms with van der Waals surface area (Å²) in [4.78, 5) is 12.5. The summed E-state index contributed by atoms with van der Waals surface area (Å²) in [5.74, 6) is -0.410. The molecule has 1 aromatic heterocycles. The minimum absolute atomic E-state index is 0.196. The summed E-state index contributed by atoms with van der Waals surface area (Å²) in [5.41, 5.74) is 6.97. The number of hydrogen-bond donors (Lipinski definition) is 3. The van der Waals surface area contributed by atoms with Crippen LogP contribution in [-0.2, 0) is 10.0 Å². The molecule has 140 valence electrons. The molecule has 0 unspecified atom stereocenters. The number of nitrogens with one attached hydrogen (secondary N) is 3. The van der Waals surface area contributed by atoms with Crippen LogP contribution in [0.2, 0.25) is 0 Å². The van der Waals surface area contributed by atoms with Gasteiger partial charge in [0.1, 0.15) is 4.21 Å². The predicted molar refractivity (Wildman–Crippen MR) is 105 cm³/mol. The van der Waals surface area contributed by atoms with Crippen LogP contribution in [0.1, 0.15) is 43.5 Å². The molecule has 0 saturated carbocycles. The van der Waals surface area contributed by atoms with Crippen molar-refractivity contribution in [2.45, 2.75) is 37.3 Å². The molecule has 1 heterocycles. The van der Waals surface area contributed by atoms with Gasteiger partial charge in [-0.2, -0.15) is 0 Å².